The summed E-state index contributed by atoms with van der Waals surface area (Å²) in [5.74, 6) is -0.930. The van der Waals surface area contributed by atoms with Crippen LogP contribution in [0.3, 0.4) is 0 Å². The minimum atomic E-state index is -0.889. The van der Waals surface area contributed by atoms with E-state index in [1.807, 2.05) is 60.7 Å². The molecule has 1 N–H and O–H groups in total. The van der Waals surface area contributed by atoms with E-state index in [0.717, 1.165) is 11.1 Å². The van der Waals surface area contributed by atoms with Crippen LogP contribution in [0.1, 0.15) is 18.1 Å². The molecule has 0 aromatic heterocycles. The maximum atomic E-state index is 12.5. The summed E-state index contributed by atoms with van der Waals surface area (Å²) in [4.78, 5) is 38.3. The number of nitrogens with one attached hydrogen (secondary N) is 1. The quantitative estimate of drug-likeness (QED) is 0.412. The van der Waals surface area contributed by atoms with Crippen LogP contribution in [-0.4, -0.2) is 41.5 Å². The molecular weight excluding hydrogens is 384 g/mol. The van der Waals surface area contributed by atoms with Gasteiger partial charge in [-0.15, -0.1) is 0 Å². The molecule has 7 heteroatoms. The summed E-state index contributed by atoms with van der Waals surface area (Å²) < 4.78 is 10.5. The van der Waals surface area contributed by atoms with Crippen LogP contribution in [0.25, 0.3) is 0 Å². The molecule has 2 aromatic carbocycles. The Hall–Kier alpha value is -3.61. The second-order valence-corrected chi connectivity index (χ2v) is 7.09. The van der Waals surface area contributed by atoms with Crippen LogP contribution in [-0.2, 0) is 32.3 Å². The van der Waals surface area contributed by atoms with Gasteiger partial charge < -0.3 is 19.7 Å². The molecule has 0 saturated carbocycles. The molecule has 0 bridgehead atoms. The fraction of sp³-hybridized carbons (Fsp3) is 0.261. The molecule has 3 rings (SSSR count). The van der Waals surface area contributed by atoms with Crippen molar-refractivity contribution in [3.63, 3.8) is 0 Å². The monoisotopic (exact) mass is 408 g/mol. The van der Waals surface area contributed by atoms with Gasteiger partial charge >= 0.3 is 12.1 Å². The number of hydrogen-bond acceptors (Lipinski definition) is 5. The number of carbonyl (C=O) groups excluding carboxylic acids is 3. The molecule has 1 aliphatic rings. The Labute approximate surface area is 175 Å². The van der Waals surface area contributed by atoms with Crippen molar-refractivity contribution < 1.29 is 23.9 Å². The molecule has 1 unspecified atom stereocenters. The average molecular weight is 408 g/mol. The first-order valence-electron chi connectivity index (χ1n) is 9.59. The molecule has 2 amide bonds. The van der Waals surface area contributed by atoms with Crippen molar-refractivity contribution >= 4 is 18.0 Å². The number of alkyl carbamates (subject to hydrolysis) is 1. The first kappa shape index (κ1) is 21.1. The molecule has 1 heterocycles. The third-order valence-corrected chi connectivity index (χ3v) is 4.69. The molecule has 0 aliphatic carbocycles. The highest BCUT2D eigenvalue weighted by Gasteiger charge is 2.45. The minimum absolute atomic E-state index is 0.109. The Morgan fingerprint density at radius 2 is 1.57 bits per heavy atom. The van der Waals surface area contributed by atoms with Crippen LogP contribution in [0.4, 0.5) is 4.79 Å². The largest absolute Gasteiger partial charge is 0.459 e. The van der Waals surface area contributed by atoms with E-state index < -0.39 is 24.1 Å². The molecule has 30 heavy (non-hydrogen) atoms. The summed E-state index contributed by atoms with van der Waals surface area (Å²) in [6, 6.07) is 16.9. The molecule has 1 fully saturated rings. The Morgan fingerprint density at radius 1 is 1.03 bits per heavy atom. The van der Waals surface area contributed by atoms with E-state index in [2.05, 4.69) is 11.9 Å². The predicted octanol–water partition coefficient (Wildman–Crippen LogP) is 2.81. The summed E-state index contributed by atoms with van der Waals surface area (Å²) >= 11 is 0. The van der Waals surface area contributed by atoms with Gasteiger partial charge in [0.25, 0.3) is 0 Å². The van der Waals surface area contributed by atoms with E-state index in [0.29, 0.717) is 5.57 Å². The van der Waals surface area contributed by atoms with E-state index >= 15 is 0 Å². The van der Waals surface area contributed by atoms with Gasteiger partial charge in [-0.3, -0.25) is 4.79 Å². The van der Waals surface area contributed by atoms with Crippen LogP contribution >= 0.6 is 0 Å². The zero-order chi connectivity index (χ0) is 21.5. The summed E-state index contributed by atoms with van der Waals surface area (Å²) in [5.41, 5.74) is 2.19. The van der Waals surface area contributed by atoms with Crippen LogP contribution in [0.2, 0.25) is 0 Å². The third kappa shape index (κ3) is 5.26. The van der Waals surface area contributed by atoms with Gasteiger partial charge in [-0.05, 0) is 23.6 Å². The number of esters is 1. The molecule has 7 nitrogen and oxygen atoms in total. The number of β-lactam (4-membered cyclic amide) rings is 1. The fourth-order valence-corrected chi connectivity index (χ4v) is 3.10. The molecule has 1 aliphatic heterocycles. The van der Waals surface area contributed by atoms with Crippen LogP contribution in [0.5, 0.6) is 0 Å². The first-order chi connectivity index (χ1) is 14.5. The van der Waals surface area contributed by atoms with Crippen LogP contribution < -0.4 is 5.32 Å². The Bertz CT molecular complexity index is 914. The fourth-order valence-electron chi connectivity index (χ4n) is 3.10. The lowest BCUT2D eigenvalue weighted by Gasteiger charge is -2.42. The van der Waals surface area contributed by atoms with Gasteiger partial charge in [0.05, 0.1) is 6.54 Å². The lowest BCUT2D eigenvalue weighted by atomic mass is 10.00. The van der Waals surface area contributed by atoms with Gasteiger partial charge in [0, 0.05) is 0 Å². The maximum absolute atomic E-state index is 12.5. The molecule has 2 aromatic rings. The van der Waals surface area contributed by atoms with Crippen molar-refractivity contribution in [3.05, 3.63) is 83.9 Å². The highest BCUT2D eigenvalue weighted by Crippen LogP contribution is 2.21. The zero-order valence-electron chi connectivity index (χ0n) is 16.7. The number of likely N-dealkylation sites (tertiary alicyclic amines) is 1. The lowest BCUT2D eigenvalue weighted by Crippen LogP contribution is -2.68. The molecule has 1 saturated heterocycles. The molecule has 2 atom stereocenters. The number of benzene rings is 2. The topological polar surface area (TPSA) is 84.9 Å². The summed E-state index contributed by atoms with van der Waals surface area (Å²) in [7, 11) is 0. The van der Waals surface area contributed by atoms with E-state index in [1.165, 1.54) is 4.90 Å². The predicted molar refractivity (Wildman–Crippen MR) is 110 cm³/mol. The van der Waals surface area contributed by atoms with E-state index in [-0.39, 0.29) is 25.7 Å². The molecule has 0 spiro atoms. The van der Waals surface area contributed by atoms with Crippen molar-refractivity contribution in [2.24, 2.45) is 0 Å². The maximum Gasteiger partial charge on any atom is 0.408 e. The summed E-state index contributed by atoms with van der Waals surface area (Å²) in [6.45, 7) is 5.87. The highest BCUT2D eigenvalue weighted by molar-refractivity contribution is 5.95. The van der Waals surface area contributed by atoms with Gasteiger partial charge in [-0.2, -0.15) is 0 Å². The SMILES string of the molecule is C=C(C)C(C(=O)OCc1ccccc1)N1C[C@H](NC(=O)OCc2ccccc2)C1=O. The van der Waals surface area contributed by atoms with Gasteiger partial charge in [-0.1, -0.05) is 67.2 Å². The van der Waals surface area contributed by atoms with Crippen LogP contribution in [0, 0.1) is 0 Å². The van der Waals surface area contributed by atoms with E-state index in [9.17, 15) is 14.4 Å². The normalized spacial score (nSPS) is 16.2. The second-order valence-electron chi connectivity index (χ2n) is 7.09. The number of amides is 2. The van der Waals surface area contributed by atoms with Crippen LogP contribution in [0.15, 0.2) is 72.8 Å². The second kappa shape index (κ2) is 9.73. The molecular formula is C23H24N2O5. The first-order valence-corrected chi connectivity index (χ1v) is 9.59. The highest BCUT2D eigenvalue weighted by atomic mass is 16.5. The summed E-state index contributed by atoms with van der Waals surface area (Å²) in [5, 5.41) is 2.52. The zero-order valence-corrected chi connectivity index (χ0v) is 16.7. The Balaban J connectivity index is 1.49. The van der Waals surface area contributed by atoms with Gasteiger partial charge in [-0.25, -0.2) is 9.59 Å². The number of hydrogen-bond donors (Lipinski definition) is 1. The number of carbonyl (C=O) groups is 3. The summed E-state index contributed by atoms with van der Waals surface area (Å²) in [6.07, 6.45) is -0.685. The molecule has 156 valence electrons. The van der Waals surface area contributed by atoms with Crippen molar-refractivity contribution in [1.29, 1.82) is 0 Å². The van der Waals surface area contributed by atoms with Crippen molar-refractivity contribution in [2.45, 2.75) is 32.2 Å². The standard InChI is InChI=1S/C23H24N2O5/c1-16(2)20(22(27)29-14-17-9-5-3-6-10-17)25-13-19(21(25)26)24-23(28)30-15-18-11-7-4-8-12-18/h3-12,19-20H,1,13-15H2,2H3,(H,24,28)/t19-,20?/m0/s1. The molecule has 0 radical (unpaired) electrons. The number of rotatable bonds is 8. The smallest absolute Gasteiger partial charge is 0.408 e. The van der Waals surface area contributed by atoms with Gasteiger partial charge in [0.2, 0.25) is 5.91 Å². The lowest BCUT2D eigenvalue weighted by molar-refractivity contribution is -0.161. The Morgan fingerprint density at radius 3 is 2.07 bits per heavy atom. The van der Waals surface area contributed by atoms with Crippen molar-refractivity contribution in [1.82, 2.24) is 10.2 Å². The van der Waals surface area contributed by atoms with Crippen molar-refractivity contribution in [3.8, 4) is 0 Å². The van der Waals surface area contributed by atoms with E-state index in [4.69, 9.17) is 9.47 Å². The number of nitrogens with zero attached hydrogens (tertiary/aromatic N) is 1. The third-order valence-electron chi connectivity index (χ3n) is 4.69. The van der Waals surface area contributed by atoms with Gasteiger partial charge in [0.1, 0.15) is 19.3 Å². The average Bonchev–Trinajstić information content (AvgIpc) is 2.76. The number of ether oxygens (including phenoxy) is 2. The minimum Gasteiger partial charge on any atom is -0.459 e. The van der Waals surface area contributed by atoms with Crippen molar-refractivity contribution in [2.75, 3.05) is 6.54 Å². The Kier molecular flexibility index (Phi) is 6.85. The van der Waals surface area contributed by atoms with Gasteiger partial charge in [0.15, 0.2) is 6.04 Å². The van der Waals surface area contributed by atoms with E-state index in [1.54, 1.807) is 6.92 Å².